The summed E-state index contributed by atoms with van der Waals surface area (Å²) < 4.78 is 5.42. The quantitative estimate of drug-likeness (QED) is 0.733. The zero-order chi connectivity index (χ0) is 15.0. The fraction of sp³-hybridized carbons (Fsp3) is 0.533. The normalized spacial score (nSPS) is 14.2. The molecule has 0 aliphatic heterocycles. The molecule has 0 bridgehead atoms. The van der Waals surface area contributed by atoms with Gasteiger partial charge in [0.15, 0.2) is 0 Å². The maximum absolute atomic E-state index is 11.0. The van der Waals surface area contributed by atoms with Gasteiger partial charge in [-0.15, -0.1) is 11.8 Å². The third-order valence-electron chi connectivity index (χ3n) is 2.74. The van der Waals surface area contributed by atoms with E-state index in [4.69, 9.17) is 9.84 Å². The average molecular weight is 298 g/mol. The van der Waals surface area contributed by atoms with Crippen LogP contribution in [0.2, 0.25) is 0 Å². The van der Waals surface area contributed by atoms with Crippen molar-refractivity contribution in [2.45, 2.75) is 31.8 Å². The van der Waals surface area contributed by atoms with E-state index in [1.54, 1.807) is 0 Å². The van der Waals surface area contributed by atoms with E-state index < -0.39 is 17.3 Å². The number of thioether (sulfide) groups is 1. The van der Waals surface area contributed by atoms with Crippen molar-refractivity contribution in [1.82, 2.24) is 0 Å². The van der Waals surface area contributed by atoms with Crippen LogP contribution < -0.4 is 0 Å². The van der Waals surface area contributed by atoms with Gasteiger partial charge in [-0.25, -0.2) is 0 Å². The number of hydrogen-bond acceptors (Lipinski definition) is 4. The van der Waals surface area contributed by atoms with Crippen molar-refractivity contribution in [3.8, 4) is 0 Å². The Morgan fingerprint density at radius 3 is 2.50 bits per heavy atom. The number of aliphatic carboxylic acids is 1. The monoisotopic (exact) mass is 298 g/mol. The van der Waals surface area contributed by atoms with E-state index in [0.717, 1.165) is 5.56 Å². The third-order valence-corrected chi connectivity index (χ3v) is 4.42. The Morgan fingerprint density at radius 1 is 1.30 bits per heavy atom. The molecule has 20 heavy (non-hydrogen) atoms. The molecular weight excluding hydrogens is 276 g/mol. The molecule has 0 saturated carbocycles. The molecule has 0 spiro atoms. The lowest BCUT2D eigenvalue weighted by Gasteiger charge is -2.18. The van der Waals surface area contributed by atoms with Gasteiger partial charge in [-0.3, -0.25) is 4.79 Å². The van der Waals surface area contributed by atoms with Gasteiger partial charge in [0.25, 0.3) is 0 Å². The zero-order valence-corrected chi connectivity index (χ0v) is 12.7. The molecule has 112 valence electrons. The van der Waals surface area contributed by atoms with E-state index in [0.29, 0.717) is 12.4 Å². The van der Waals surface area contributed by atoms with Crippen molar-refractivity contribution in [2.75, 3.05) is 12.4 Å². The highest BCUT2D eigenvalue weighted by molar-refractivity contribution is 8.00. The van der Waals surface area contributed by atoms with Gasteiger partial charge in [0.2, 0.25) is 0 Å². The number of carbonyl (C=O) groups is 1. The molecule has 2 atom stereocenters. The second-order valence-electron chi connectivity index (χ2n) is 4.99. The molecule has 4 nitrogen and oxygen atoms in total. The highest BCUT2D eigenvalue weighted by Gasteiger charge is 2.22. The predicted molar refractivity (Wildman–Crippen MR) is 80.8 cm³/mol. The molecule has 2 unspecified atom stereocenters. The summed E-state index contributed by atoms with van der Waals surface area (Å²) in [7, 11) is 0. The highest BCUT2D eigenvalue weighted by atomic mass is 32.2. The molecule has 0 aliphatic carbocycles. The van der Waals surface area contributed by atoms with Crippen LogP contribution in [-0.2, 0) is 16.1 Å². The summed E-state index contributed by atoms with van der Waals surface area (Å²) in [5, 5.41) is 18.4. The number of ether oxygens (including phenoxy) is 1. The number of aliphatic hydroxyl groups is 1. The van der Waals surface area contributed by atoms with E-state index in [9.17, 15) is 9.90 Å². The molecule has 0 fully saturated rings. The number of hydrogen-bond donors (Lipinski definition) is 2. The maximum atomic E-state index is 11.0. The molecular formula is C15H22O4S. The molecule has 1 aromatic carbocycles. The van der Waals surface area contributed by atoms with Crippen molar-refractivity contribution in [2.24, 2.45) is 5.92 Å². The van der Waals surface area contributed by atoms with Gasteiger partial charge >= 0.3 is 5.97 Å². The van der Waals surface area contributed by atoms with E-state index in [1.807, 2.05) is 44.2 Å². The second kappa shape index (κ2) is 9.00. The first-order valence-corrected chi connectivity index (χ1v) is 7.69. The number of rotatable bonds is 9. The molecule has 1 aromatic rings. The van der Waals surface area contributed by atoms with Gasteiger partial charge in [0.05, 0.1) is 19.3 Å². The van der Waals surface area contributed by atoms with Crippen LogP contribution >= 0.6 is 11.8 Å². The van der Waals surface area contributed by atoms with Gasteiger partial charge in [-0.2, -0.15) is 0 Å². The smallest absolute Gasteiger partial charge is 0.316 e. The largest absolute Gasteiger partial charge is 0.480 e. The molecule has 0 saturated heterocycles. The van der Waals surface area contributed by atoms with Gasteiger partial charge in [-0.1, -0.05) is 44.2 Å². The average Bonchev–Trinajstić information content (AvgIpc) is 2.39. The van der Waals surface area contributed by atoms with Gasteiger partial charge in [0.1, 0.15) is 5.25 Å². The van der Waals surface area contributed by atoms with Crippen molar-refractivity contribution in [1.29, 1.82) is 0 Å². The summed E-state index contributed by atoms with van der Waals surface area (Å²) >= 11 is 1.26. The first kappa shape index (κ1) is 17.0. The van der Waals surface area contributed by atoms with E-state index in [2.05, 4.69) is 0 Å². The van der Waals surface area contributed by atoms with Crippen LogP contribution in [0.5, 0.6) is 0 Å². The molecule has 2 N–H and O–H groups in total. The standard InChI is InChI=1S/C15H22O4S/c1-11(2)14(15(17)18)20-10-13(16)9-19-8-12-6-4-3-5-7-12/h3-7,11,13-14,16H,8-10H2,1-2H3,(H,17,18). The summed E-state index contributed by atoms with van der Waals surface area (Å²) in [4.78, 5) is 11.0. The highest BCUT2D eigenvalue weighted by Crippen LogP contribution is 2.20. The summed E-state index contributed by atoms with van der Waals surface area (Å²) in [6, 6.07) is 9.73. The lowest BCUT2D eigenvalue weighted by molar-refractivity contribution is -0.137. The number of carboxylic acids is 1. The number of carboxylic acid groups (broad SMARTS) is 1. The van der Waals surface area contributed by atoms with Crippen molar-refractivity contribution in [3.63, 3.8) is 0 Å². The Bertz CT molecular complexity index is 394. The Balaban J connectivity index is 2.23. The van der Waals surface area contributed by atoms with E-state index in [-0.39, 0.29) is 12.5 Å². The van der Waals surface area contributed by atoms with E-state index in [1.165, 1.54) is 11.8 Å². The van der Waals surface area contributed by atoms with Crippen LogP contribution in [0.25, 0.3) is 0 Å². The first-order valence-electron chi connectivity index (χ1n) is 6.65. The lowest BCUT2D eigenvalue weighted by atomic mass is 10.1. The minimum Gasteiger partial charge on any atom is -0.480 e. The number of aliphatic hydroxyl groups excluding tert-OH is 1. The molecule has 0 amide bonds. The van der Waals surface area contributed by atoms with Crippen LogP contribution in [0, 0.1) is 5.92 Å². The van der Waals surface area contributed by atoms with Gasteiger partial charge in [-0.05, 0) is 11.5 Å². The van der Waals surface area contributed by atoms with Gasteiger partial charge in [0, 0.05) is 5.75 Å². The summed E-state index contributed by atoms with van der Waals surface area (Å²) in [5.74, 6) is -0.429. The molecule has 0 radical (unpaired) electrons. The van der Waals surface area contributed by atoms with Gasteiger partial charge < -0.3 is 14.9 Å². The minimum absolute atomic E-state index is 0.0370. The van der Waals surface area contributed by atoms with Crippen LogP contribution in [0.15, 0.2) is 30.3 Å². The van der Waals surface area contributed by atoms with Crippen LogP contribution in [-0.4, -0.2) is 39.9 Å². The van der Waals surface area contributed by atoms with Crippen molar-refractivity contribution >= 4 is 17.7 Å². The van der Waals surface area contributed by atoms with Crippen LogP contribution in [0.1, 0.15) is 19.4 Å². The SMILES string of the molecule is CC(C)C(SCC(O)COCc1ccccc1)C(=O)O. The number of benzene rings is 1. The second-order valence-corrected chi connectivity index (χ2v) is 6.17. The van der Waals surface area contributed by atoms with E-state index >= 15 is 0 Å². The Hall–Kier alpha value is -1.04. The minimum atomic E-state index is -0.831. The topological polar surface area (TPSA) is 66.8 Å². The van der Waals surface area contributed by atoms with Crippen LogP contribution in [0.4, 0.5) is 0 Å². The summed E-state index contributed by atoms with van der Waals surface area (Å²) in [5.41, 5.74) is 1.05. The predicted octanol–water partition coefficient (Wildman–Crippen LogP) is 2.41. The Morgan fingerprint density at radius 2 is 1.95 bits per heavy atom. The van der Waals surface area contributed by atoms with Crippen molar-refractivity contribution < 1.29 is 19.7 Å². The van der Waals surface area contributed by atoms with Crippen LogP contribution in [0.3, 0.4) is 0 Å². The summed E-state index contributed by atoms with van der Waals surface area (Å²) in [6.07, 6.45) is -0.649. The molecule has 5 heteroatoms. The molecule has 0 aromatic heterocycles. The fourth-order valence-electron chi connectivity index (χ4n) is 1.70. The molecule has 0 heterocycles. The summed E-state index contributed by atoms with van der Waals surface area (Å²) in [6.45, 7) is 4.40. The first-order chi connectivity index (χ1) is 9.50. The fourth-order valence-corrected chi connectivity index (χ4v) is 2.75. The molecule has 0 aliphatic rings. The Labute approximate surface area is 124 Å². The van der Waals surface area contributed by atoms with Crippen molar-refractivity contribution in [3.05, 3.63) is 35.9 Å². The third kappa shape index (κ3) is 6.41. The maximum Gasteiger partial charge on any atom is 0.316 e. The lowest BCUT2D eigenvalue weighted by Crippen LogP contribution is -2.26. The zero-order valence-electron chi connectivity index (χ0n) is 11.9. The Kier molecular flexibility index (Phi) is 7.65. The molecule has 1 rings (SSSR count).